The van der Waals surface area contributed by atoms with E-state index in [1.165, 1.54) is 0 Å². The molecule has 4 heteroatoms. The van der Waals surface area contributed by atoms with E-state index in [1.807, 2.05) is 25.7 Å². The molecule has 2 fully saturated rings. The Morgan fingerprint density at radius 2 is 1.78 bits per heavy atom. The fourth-order valence-corrected chi connectivity index (χ4v) is 3.29. The highest BCUT2D eigenvalue weighted by Crippen LogP contribution is 2.29. The van der Waals surface area contributed by atoms with Crippen LogP contribution in [0, 0.1) is 32.6 Å². The number of hydrogen-bond donors (Lipinski definition) is 1. The summed E-state index contributed by atoms with van der Waals surface area (Å²) >= 11 is 0. The predicted molar refractivity (Wildman–Crippen MR) is 68.7 cm³/mol. The SMILES string of the molecule is Cc1oc(C)c(C(=O)N2CC3CNCC3C2)c1C. The zero-order valence-electron chi connectivity index (χ0n) is 11.2. The van der Waals surface area contributed by atoms with Crippen LogP contribution in [0.15, 0.2) is 4.42 Å². The van der Waals surface area contributed by atoms with Crippen molar-refractivity contribution in [2.24, 2.45) is 11.8 Å². The van der Waals surface area contributed by atoms with Gasteiger partial charge in [-0.05, 0) is 32.6 Å². The third-order valence-corrected chi connectivity index (χ3v) is 4.45. The molecule has 3 rings (SSSR count). The maximum atomic E-state index is 12.6. The van der Waals surface area contributed by atoms with Gasteiger partial charge < -0.3 is 14.6 Å². The van der Waals surface area contributed by atoms with Crippen LogP contribution < -0.4 is 5.32 Å². The van der Waals surface area contributed by atoms with Crippen molar-refractivity contribution < 1.29 is 9.21 Å². The third kappa shape index (κ3) is 1.67. The second kappa shape index (κ2) is 4.12. The van der Waals surface area contributed by atoms with Gasteiger partial charge in [0, 0.05) is 31.7 Å². The van der Waals surface area contributed by atoms with Gasteiger partial charge in [0.15, 0.2) is 0 Å². The highest BCUT2D eigenvalue weighted by atomic mass is 16.3. The molecule has 0 radical (unpaired) electrons. The molecule has 1 N–H and O–H groups in total. The van der Waals surface area contributed by atoms with Crippen LogP contribution in [0.2, 0.25) is 0 Å². The number of amides is 1. The number of nitrogens with zero attached hydrogens (tertiary/aromatic N) is 1. The number of likely N-dealkylation sites (tertiary alicyclic amines) is 1. The van der Waals surface area contributed by atoms with Gasteiger partial charge in [0.25, 0.3) is 5.91 Å². The Hall–Kier alpha value is -1.29. The Morgan fingerprint density at radius 3 is 2.28 bits per heavy atom. The van der Waals surface area contributed by atoms with Crippen molar-refractivity contribution in [3.63, 3.8) is 0 Å². The predicted octanol–water partition coefficient (Wildman–Crippen LogP) is 1.50. The standard InChI is InChI=1S/C14H20N2O2/c1-8-9(2)18-10(3)13(8)14(17)16-6-11-4-15-5-12(11)7-16/h11-12,15H,4-7H2,1-3H3. The first-order valence-electron chi connectivity index (χ1n) is 6.64. The van der Waals surface area contributed by atoms with E-state index in [0.717, 1.165) is 48.8 Å². The molecule has 1 amide bonds. The molecule has 0 saturated carbocycles. The topological polar surface area (TPSA) is 45.5 Å². The van der Waals surface area contributed by atoms with Crippen molar-refractivity contribution >= 4 is 5.91 Å². The van der Waals surface area contributed by atoms with E-state index in [0.29, 0.717) is 11.8 Å². The summed E-state index contributed by atoms with van der Waals surface area (Å²) in [6.07, 6.45) is 0. The molecular weight excluding hydrogens is 228 g/mol. The Morgan fingerprint density at radius 1 is 1.17 bits per heavy atom. The van der Waals surface area contributed by atoms with Crippen molar-refractivity contribution in [2.45, 2.75) is 20.8 Å². The minimum absolute atomic E-state index is 0.149. The van der Waals surface area contributed by atoms with E-state index in [2.05, 4.69) is 5.32 Å². The Kier molecular flexibility index (Phi) is 2.70. The van der Waals surface area contributed by atoms with E-state index >= 15 is 0 Å². The summed E-state index contributed by atoms with van der Waals surface area (Å²) in [7, 11) is 0. The Bertz CT molecular complexity index is 480. The molecule has 0 aromatic carbocycles. The second-order valence-corrected chi connectivity index (χ2v) is 5.60. The van der Waals surface area contributed by atoms with Gasteiger partial charge in [-0.1, -0.05) is 0 Å². The molecule has 98 valence electrons. The minimum atomic E-state index is 0.149. The quantitative estimate of drug-likeness (QED) is 0.819. The molecule has 1 aromatic heterocycles. The molecule has 1 aromatic rings. The summed E-state index contributed by atoms with van der Waals surface area (Å²) in [4.78, 5) is 14.6. The van der Waals surface area contributed by atoms with Gasteiger partial charge in [-0.3, -0.25) is 4.79 Å². The number of fused-ring (bicyclic) bond motifs is 1. The van der Waals surface area contributed by atoms with Crippen molar-refractivity contribution in [3.8, 4) is 0 Å². The zero-order chi connectivity index (χ0) is 12.9. The average Bonchev–Trinajstić information content (AvgIpc) is 2.93. The monoisotopic (exact) mass is 248 g/mol. The van der Waals surface area contributed by atoms with Gasteiger partial charge in [0.2, 0.25) is 0 Å². The maximum Gasteiger partial charge on any atom is 0.257 e. The lowest BCUT2D eigenvalue weighted by Crippen LogP contribution is -2.32. The van der Waals surface area contributed by atoms with Crippen LogP contribution in [0.5, 0.6) is 0 Å². The van der Waals surface area contributed by atoms with Crippen LogP contribution in [0.4, 0.5) is 0 Å². The van der Waals surface area contributed by atoms with E-state index in [4.69, 9.17) is 4.42 Å². The molecule has 2 saturated heterocycles. The third-order valence-electron chi connectivity index (χ3n) is 4.45. The lowest BCUT2D eigenvalue weighted by molar-refractivity contribution is 0.0779. The molecule has 0 aliphatic carbocycles. The molecule has 0 spiro atoms. The highest BCUT2D eigenvalue weighted by molar-refractivity contribution is 5.97. The van der Waals surface area contributed by atoms with Gasteiger partial charge in [-0.15, -0.1) is 0 Å². The summed E-state index contributed by atoms with van der Waals surface area (Å²) in [6, 6.07) is 0. The van der Waals surface area contributed by atoms with E-state index in [1.54, 1.807) is 0 Å². The molecule has 0 bridgehead atoms. The summed E-state index contributed by atoms with van der Waals surface area (Å²) in [6.45, 7) is 9.65. The smallest absolute Gasteiger partial charge is 0.257 e. The summed E-state index contributed by atoms with van der Waals surface area (Å²) in [5.41, 5.74) is 1.77. The van der Waals surface area contributed by atoms with Crippen molar-refractivity contribution in [1.82, 2.24) is 10.2 Å². The van der Waals surface area contributed by atoms with Crippen molar-refractivity contribution in [2.75, 3.05) is 26.2 Å². The first-order chi connectivity index (χ1) is 8.58. The van der Waals surface area contributed by atoms with E-state index in [9.17, 15) is 4.79 Å². The Labute approximate surface area is 107 Å². The van der Waals surface area contributed by atoms with Gasteiger partial charge in [-0.2, -0.15) is 0 Å². The van der Waals surface area contributed by atoms with Crippen LogP contribution in [-0.4, -0.2) is 37.0 Å². The van der Waals surface area contributed by atoms with Gasteiger partial charge in [0.1, 0.15) is 11.5 Å². The minimum Gasteiger partial charge on any atom is -0.466 e. The molecule has 2 aliphatic heterocycles. The molecule has 18 heavy (non-hydrogen) atoms. The number of carbonyl (C=O) groups excluding carboxylic acids is 1. The largest absolute Gasteiger partial charge is 0.466 e. The lowest BCUT2D eigenvalue weighted by atomic mass is 10.0. The number of aryl methyl sites for hydroxylation is 2. The molecule has 2 unspecified atom stereocenters. The number of nitrogens with one attached hydrogen (secondary N) is 1. The first-order valence-corrected chi connectivity index (χ1v) is 6.64. The number of furan rings is 1. The summed E-state index contributed by atoms with van der Waals surface area (Å²) < 4.78 is 5.56. The van der Waals surface area contributed by atoms with Crippen LogP contribution >= 0.6 is 0 Å². The van der Waals surface area contributed by atoms with Crippen molar-refractivity contribution in [3.05, 3.63) is 22.6 Å². The number of carbonyl (C=O) groups is 1. The van der Waals surface area contributed by atoms with E-state index in [-0.39, 0.29) is 5.91 Å². The van der Waals surface area contributed by atoms with Crippen molar-refractivity contribution in [1.29, 1.82) is 0 Å². The normalized spacial score (nSPS) is 26.7. The average molecular weight is 248 g/mol. The van der Waals surface area contributed by atoms with Crippen LogP contribution in [0.1, 0.15) is 27.4 Å². The fraction of sp³-hybridized carbons (Fsp3) is 0.643. The zero-order valence-corrected chi connectivity index (χ0v) is 11.2. The fourth-order valence-electron chi connectivity index (χ4n) is 3.29. The van der Waals surface area contributed by atoms with Gasteiger partial charge in [-0.25, -0.2) is 0 Å². The van der Waals surface area contributed by atoms with Crippen LogP contribution in [0.3, 0.4) is 0 Å². The molecular formula is C14H20N2O2. The molecule has 4 nitrogen and oxygen atoms in total. The maximum absolute atomic E-state index is 12.6. The van der Waals surface area contributed by atoms with Crippen LogP contribution in [-0.2, 0) is 0 Å². The van der Waals surface area contributed by atoms with Crippen LogP contribution in [0.25, 0.3) is 0 Å². The number of rotatable bonds is 1. The number of hydrogen-bond acceptors (Lipinski definition) is 3. The van der Waals surface area contributed by atoms with Gasteiger partial charge >= 0.3 is 0 Å². The van der Waals surface area contributed by atoms with E-state index < -0.39 is 0 Å². The molecule has 3 heterocycles. The molecule has 2 aliphatic rings. The summed E-state index contributed by atoms with van der Waals surface area (Å²) in [5.74, 6) is 3.04. The first kappa shape index (κ1) is 11.8. The highest BCUT2D eigenvalue weighted by Gasteiger charge is 2.39. The molecule has 2 atom stereocenters. The summed E-state index contributed by atoms with van der Waals surface area (Å²) in [5, 5.41) is 3.39. The lowest BCUT2D eigenvalue weighted by Gasteiger charge is -2.17. The second-order valence-electron chi connectivity index (χ2n) is 5.60. The Balaban J connectivity index is 1.83. The van der Waals surface area contributed by atoms with Gasteiger partial charge in [0.05, 0.1) is 5.56 Å².